The molecule has 1 saturated heterocycles. The Bertz CT molecular complexity index is 1100. The third-order valence-corrected chi connectivity index (χ3v) is 6.68. The van der Waals surface area contributed by atoms with Gasteiger partial charge >= 0.3 is 0 Å². The van der Waals surface area contributed by atoms with Gasteiger partial charge in [0.05, 0.1) is 11.4 Å². The van der Waals surface area contributed by atoms with Crippen molar-refractivity contribution in [3.8, 4) is 0 Å². The zero-order chi connectivity index (χ0) is 19.1. The molecule has 0 radical (unpaired) electrons. The molecule has 7 heteroatoms. The van der Waals surface area contributed by atoms with Gasteiger partial charge in [-0.3, -0.25) is 9.69 Å². The lowest BCUT2D eigenvalue weighted by atomic mass is 10.1. The predicted octanol–water partition coefficient (Wildman–Crippen LogP) is 5.83. The number of halogens is 2. The number of thiocarbonyl (C=S) groups is 1. The second-order valence-corrected chi connectivity index (χ2v) is 8.66. The second-order valence-electron chi connectivity index (χ2n) is 6.17. The van der Waals surface area contributed by atoms with Gasteiger partial charge in [0.2, 0.25) is 0 Å². The van der Waals surface area contributed by atoms with Gasteiger partial charge in [0.1, 0.15) is 4.32 Å². The first-order valence-corrected chi connectivity index (χ1v) is 10.2. The summed E-state index contributed by atoms with van der Waals surface area (Å²) in [7, 11) is 1.70. The van der Waals surface area contributed by atoms with Crippen molar-refractivity contribution in [3.05, 3.63) is 74.7 Å². The summed E-state index contributed by atoms with van der Waals surface area (Å²) in [5, 5.41) is 2.32. The minimum Gasteiger partial charge on any atom is -0.342 e. The molecule has 1 amide bonds. The van der Waals surface area contributed by atoms with Gasteiger partial charge in [-0.15, -0.1) is 0 Å². The Balaban J connectivity index is 1.81. The van der Waals surface area contributed by atoms with Gasteiger partial charge in [-0.25, -0.2) is 0 Å². The molecular weight excluding hydrogens is 419 g/mol. The summed E-state index contributed by atoms with van der Waals surface area (Å²) >= 11 is 19.2. The summed E-state index contributed by atoms with van der Waals surface area (Å²) in [5.74, 6) is -0.0732. The van der Waals surface area contributed by atoms with Gasteiger partial charge in [0, 0.05) is 45.3 Å². The number of likely N-dealkylation sites (N-methyl/N-ethyl adjacent to an activating group) is 1. The van der Waals surface area contributed by atoms with Crippen LogP contribution in [0.2, 0.25) is 10.0 Å². The molecule has 1 aromatic heterocycles. The van der Waals surface area contributed by atoms with Gasteiger partial charge in [0.25, 0.3) is 5.91 Å². The number of fused-ring (bicyclic) bond motifs is 1. The van der Waals surface area contributed by atoms with Crippen LogP contribution >= 0.6 is 47.2 Å². The van der Waals surface area contributed by atoms with Gasteiger partial charge in [-0.05, 0) is 24.3 Å². The Hall–Kier alpha value is -1.79. The number of rotatable bonds is 3. The monoisotopic (exact) mass is 432 g/mol. The Morgan fingerprint density at radius 2 is 1.81 bits per heavy atom. The Morgan fingerprint density at radius 3 is 2.48 bits per heavy atom. The van der Waals surface area contributed by atoms with Crippen molar-refractivity contribution in [2.75, 3.05) is 7.05 Å². The van der Waals surface area contributed by atoms with E-state index in [1.54, 1.807) is 7.05 Å². The number of hydrogen-bond donors (Lipinski definition) is 0. The minimum atomic E-state index is -0.0732. The molecule has 0 bridgehead atoms. The lowest BCUT2D eigenvalue weighted by Gasteiger charge is -2.09. The molecule has 136 valence electrons. The van der Waals surface area contributed by atoms with E-state index in [1.165, 1.54) is 16.7 Å². The van der Waals surface area contributed by atoms with Gasteiger partial charge in [0.15, 0.2) is 0 Å². The van der Waals surface area contributed by atoms with Crippen molar-refractivity contribution in [1.82, 2.24) is 9.47 Å². The summed E-state index contributed by atoms with van der Waals surface area (Å²) in [5.41, 5.74) is 2.88. The average Bonchev–Trinajstić information content (AvgIpc) is 3.11. The average molecular weight is 433 g/mol. The molecule has 2 heterocycles. The van der Waals surface area contributed by atoms with Crippen molar-refractivity contribution in [3.63, 3.8) is 0 Å². The number of hydrogen-bond acceptors (Lipinski definition) is 3. The molecule has 27 heavy (non-hydrogen) atoms. The normalized spacial score (nSPS) is 16.1. The standard InChI is InChI=1S/C20H14Cl2N2OS2/c1-23-19(25)18(27-20(23)26)9-12-10-24(17-8-3-2-5-13(12)17)11-14-15(21)6-4-7-16(14)22/h2-10H,11H2,1H3/b18-9+. The molecule has 1 fully saturated rings. The van der Waals surface area contributed by atoms with Crippen molar-refractivity contribution >= 4 is 74.4 Å². The zero-order valence-corrected chi connectivity index (χ0v) is 17.4. The molecule has 0 aliphatic carbocycles. The van der Waals surface area contributed by atoms with Crippen molar-refractivity contribution in [2.45, 2.75) is 6.54 Å². The van der Waals surface area contributed by atoms with E-state index < -0.39 is 0 Å². The number of amides is 1. The topological polar surface area (TPSA) is 25.2 Å². The fraction of sp³-hybridized carbons (Fsp3) is 0.100. The Kier molecular flexibility index (Phi) is 5.03. The fourth-order valence-electron chi connectivity index (χ4n) is 3.06. The second kappa shape index (κ2) is 7.32. The van der Waals surface area contributed by atoms with Crippen LogP contribution < -0.4 is 0 Å². The van der Waals surface area contributed by atoms with Crippen LogP contribution in [-0.4, -0.2) is 26.7 Å². The van der Waals surface area contributed by atoms with Crippen LogP contribution in [0, 0.1) is 0 Å². The lowest BCUT2D eigenvalue weighted by Crippen LogP contribution is -2.22. The van der Waals surface area contributed by atoms with E-state index in [4.69, 9.17) is 35.4 Å². The van der Waals surface area contributed by atoms with E-state index >= 15 is 0 Å². The molecule has 0 atom stereocenters. The summed E-state index contributed by atoms with van der Waals surface area (Å²) in [4.78, 5) is 14.5. The van der Waals surface area contributed by atoms with E-state index in [0.717, 1.165) is 22.0 Å². The van der Waals surface area contributed by atoms with Crippen LogP contribution in [0.1, 0.15) is 11.1 Å². The fourth-order valence-corrected chi connectivity index (χ4v) is 4.75. The summed E-state index contributed by atoms with van der Waals surface area (Å²) in [6, 6.07) is 13.6. The molecule has 0 N–H and O–H groups in total. The number of aromatic nitrogens is 1. The maximum absolute atomic E-state index is 12.4. The number of benzene rings is 2. The van der Waals surface area contributed by atoms with Crippen LogP contribution in [0.15, 0.2) is 53.6 Å². The molecule has 0 saturated carbocycles. The van der Waals surface area contributed by atoms with Crippen LogP contribution in [0.4, 0.5) is 0 Å². The van der Waals surface area contributed by atoms with Crippen molar-refractivity contribution in [2.24, 2.45) is 0 Å². The Labute approximate surface area is 176 Å². The zero-order valence-electron chi connectivity index (χ0n) is 14.3. The number of carbonyl (C=O) groups excluding carboxylic acids is 1. The minimum absolute atomic E-state index is 0.0732. The first-order valence-electron chi connectivity index (χ1n) is 8.18. The number of nitrogens with zero attached hydrogens (tertiary/aromatic N) is 2. The van der Waals surface area contributed by atoms with Gasteiger partial charge in [-0.1, -0.05) is 71.4 Å². The van der Waals surface area contributed by atoms with Crippen molar-refractivity contribution < 1.29 is 4.79 Å². The highest BCUT2D eigenvalue weighted by Gasteiger charge is 2.29. The third kappa shape index (κ3) is 3.41. The highest BCUT2D eigenvalue weighted by molar-refractivity contribution is 8.26. The summed E-state index contributed by atoms with van der Waals surface area (Å²) in [6.45, 7) is 0.543. The summed E-state index contributed by atoms with van der Waals surface area (Å²) < 4.78 is 2.67. The van der Waals surface area contributed by atoms with Crippen LogP contribution in [-0.2, 0) is 11.3 Å². The number of carbonyl (C=O) groups is 1. The lowest BCUT2D eigenvalue weighted by molar-refractivity contribution is -0.121. The molecule has 1 aliphatic rings. The molecule has 1 aliphatic heterocycles. The van der Waals surface area contributed by atoms with E-state index in [0.29, 0.717) is 25.8 Å². The van der Waals surface area contributed by atoms with Gasteiger partial charge < -0.3 is 4.57 Å². The van der Waals surface area contributed by atoms with Crippen LogP contribution in [0.3, 0.4) is 0 Å². The van der Waals surface area contributed by atoms with E-state index in [-0.39, 0.29) is 5.91 Å². The maximum atomic E-state index is 12.4. The first kappa shape index (κ1) is 18.6. The van der Waals surface area contributed by atoms with Gasteiger partial charge in [-0.2, -0.15) is 0 Å². The van der Waals surface area contributed by atoms with Crippen LogP contribution in [0.5, 0.6) is 0 Å². The van der Waals surface area contributed by atoms with E-state index in [2.05, 4.69) is 4.57 Å². The molecular formula is C20H14Cl2N2OS2. The highest BCUT2D eigenvalue weighted by atomic mass is 35.5. The molecule has 0 spiro atoms. The number of thioether (sulfide) groups is 1. The largest absolute Gasteiger partial charge is 0.342 e. The molecule has 4 rings (SSSR count). The van der Waals surface area contributed by atoms with E-state index in [1.807, 2.05) is 54.7 Å². The smallest absolute Gasteiger partial charge is 0.265 e. The quantitative estimate of drug-likeness (QED) is 0.384. The molecule has 3 nitrogen and oxygen atoms in total. The molecule has 3 aromatic rings. The van der Waals surface area contributed by atoms with E-state index in [9.17, 15) is 4.79 Å². The molecule has 0 unspecified atom stereocenters. The highest BCUT2D eigenvalue weighted by Crippen LogP contribution is 2.34. The van der Waals surface area contributed by atoms with Crippen LogP contribution in [0.25, 0.3) is 17.0 Å². The maximum Gasteiger partial charge on any atom is 0.265 e. The number of para-hydroxylation sites is 1. The van der Waals surface area contributed by atoms with Crippen molar-refractivity contribution in [1.29, 1.82) is 0 Å². The SMILES string of the molecule is CN1C(=O)/C(=C\c2cn(Cc3c(Cl)cccc3Cl)c3ccccc23)SC1=S. The summed E-state index contributed by atoms with van der Waals surface area (Å²) in [6.07, 6.45) is 3.92. The third-order valence-electron chi connectivity index (χ3n) is 4.48. The Morgan fingerprint density at radius 1 is 1.11 bits per heavy atom. The first-order chi connectivity index (χ1) is 13.0. The predicted molar refractivity (Wildman–Crippen MR) is 118 cm³/mol. The molecule has 2 aromatic carbocycles.